The van der Waals surface area contributed by atoms with Crippen molar-refractivity contribution in [3.63, 3.8) is 0 Å². The summed E-state index contributed by atoms with van der Waals surface area (Å²) >= 11 is 0. The molecule has 0 saturated carbocycles. The van der Waals surface area contributed by atoms with Gasteiger partial charge < -0.3 is 27.9 Å². The van der Waals surface area contributed by atoms with Crippen LogP contribution in [0.3, 0.4) is 0 Å². The van der Waals surface area contributed by atoms with Crippen LogP contribution in [-0.4, -0.2) is 66.6 Å². The van der Waals surface area contributed by atoms with Gasteiger partial charge in [0, 0.05) is 12.1 Å². The number of nitrogens with one attached hydrogen (secondary N) is 1. The number of methoxy groups -OCH3 is 1. The molecule has 11 heteroatoms. The second kappa shape index (κ2) is 9.36. The second-order valence-corrected chi connectivity index (χ2v) is 16.7. The first kappa shape index (κ1) is 27.0. The van der Waals surface area contributed by atoms with Gasteiger partial charge in [0.15, 0.2) is 26.0 Å². The maximum atomic E-state index is 12.3. The Labute approximate surface area is 214 Å². The summed E-state index contributed by atoms with van der Waals surface area (Å²) < 4.78 is 33.0. The molecular weight excluding hydrogens is 480 g/mol. The SMILES string of the molecule is COc1nc(NC(=O)C(C)C)nc2c1ccn2[C@@H]1O[C@H](CO[Si](C)(C)C(C)(C)C)[C@H]2OC(C)(C)O[C@H]21. The largest absolute Gasteiger partial charge is 0.480 e. The van der Waals surface area contributed by atoms with Gasteiger partial charge in [0.05, 0.1) is 19.1 Å². The lowest BCUT2D eigenvalue weighted by molar-refractivity contribution is -0.199. The minimum Gasteiger partial charge on any atom is -0.480 e. The lowest BCUT2D eigenvalue weighted by Crippen LogP contribution is -2.44. The summed E-state index contributed by atoms with van der Waals surface area (Å²) in [5, 5.41) is 3.56. The van der Waals surface area contributed by atoms with Gasteiger partial charge in [-0.1, -0.05) is 34.6 Å². The fourth-order valence-electron chi connectivity index (χ4n) is 4.20. The van der Waals surface area contributed by atoms with Gasteiger partial charge in [0.2, 0.25) is 17.7 Å². The summed E-state index contributed by atoms with van der Waals surface area (Å²) in [7, 11) is -0.448. The van der Waals surface area contributed by atoms with Gasteiger partial charge in [-0.3, -0.25) is 10.1 Å². The minimum absolute atomic E-state index is 0.0810. The number of rotatable bonds is 7. The van der Waals surface area contributed by atoms with Crippen molar-refractivity contribution in [2.45, 2.75) is 96.9 Å². The van der Waals surface area contributed by atoms with E-state index in [9.17, 15) is 4.79 Å². The van der Waals surface area contributed by atoms with E-state index >= 15 is 0 Å². The first-order chi connectivity index (χ1) is 16.6. The van der Waals surface area contributed by atoms with Crippen LogP contribution in [0.2, 0.25) is 18.1 Å². The van der Waals surface area contributed by atoms with Crippen molar-refractivity contribution >= 4 is 31.2 Å². The minimum atomic E-state index is -1.99. The molecule has 10 nitrogen and oxygen atoms in total. The van der Waals surface area contributed by atoms with Crippen LogP contribution in [0.15, 0.2) is 12.3 Å². The summed E-state index contributed by atoms with van der Waals surface area (Å²) in [4.78, 5) is 21.3. The maximum Gasteiger partial charge on any atom is 0.234 e. The average molecular weight is 521 g/mol. The Morgan fingerprint density at radius 1 is 1.22 bits per heavy atom. The fraction of sp³-hybridized carbons (Fsp3) is 0.720. The summed E-state index contributed by atoms with van der Waals surface area (Å²) in [5.74, 6) is -0.598. The molecule has 2 aliphatic rings. The third-order valence-corrected chi connectivity index (χ3v) is 11.8. The highest BCUT2D eigenvalue weighted by Crippen LogP contribution is 2.45. The molecule has 0 aromatic carbocycles. The number of carbonyl (C=O) groups is 1. The molecule has 4 atom stereocenters. The van der Waals surface area contributed by atoms with Gasteiger partial charge in [0.25, 0.3) is 0 Å². The second-order valence-electron chi connectivity index (χ2n) is 11.9. The van der Waals surface area contributed by atoms with Crippen molar-refractivity contribution in [2.24, 2.45) is 5.92 Å². The van der Waals surface area contributed by atoms with Crippen molar-refractivity contribution in [1.29, 1.82) is 0 Å². The topological polar surface area (TPSA) is 106 Å². The van der Waals surface area contributed by atoms with Gasteiger partial charge in [-0.25, -0.2) is 0 Å². The van der Waals surface area contributed by atoms with E-state index in [1.54, 1.807) is 7.11 Å². The van der Waals surface area contributed by atoms with E-state index in [-0.39, 0.29) is 41.1 Å². The molecule has 0 radical (unpaired) electrons. The van der Waals surface area contributed by atoms with Crippen molar-refractivity contribution in [3.8, 4) is 5.88 Å². The highest BCUT2D eigenvalue weighted by atomic mass is 28.4. The Morgan fingerprint density at radius 2 is 1.89 bits per heavy atom. The van der Waals surface area contributed by atoms with Crippen LogP contribution in [-0.2, 0) is 23.4 Å². The Kier molecular flexibility index (Phi) is 7.02. The van der Waals surface area contributed by atoms with Gasteiger partial charge in [-0.05, 0) is 38.0 Å². The molecule has 0 unspecified atom stereocenters. The van der Waals surface area contributed by atoms with Crippen LogP contribution in [0.5, 0.6) is 5.88 Å². The van der Waals surface area contributed by atoms with Crippen molar-refractivity contribution < 1.29 is 28.2 Å². The van der Waals surface area contributed by atoms with Gasteiger partial charge in [0.1, 0.15) is 18.3 Å². The molecule has 0 spiro atoms. The van der Waals surface area contributed by atoms with Crippen molar-refractivity contribution in [1.82, 2.24) is 14.5 Å². The van der Waals surface area contributed by atoms with Crippen molar-refractivity contribution in [3.05, 3.63) is 12.3 Å². The fourth-order valence-corrected chi connectivity index (χ4v) is 5.22. The summed E-state index contributed by atoms with van der Waals surface area (Å²) in [6.07, 6.45) is 0.408. The van der Waals surface area contributed by atoms with E-state index in [1.165, 1.54) is 0 Å². The van der Waals surface area contributed by atoms with Crippen LogP contribution in [0, 0.1) is 5.92 Å². The molecule has 2 fully saturated rings. The standard InChI is InChI=1S/C25H40N4O6Si/c1-14(2)20(30)27-23-26-19-15(21(28-23)31-8)11-12-29(19)22-18-17(34-25(6,7)35-18)16(33-22)13-32-36(9,10)24(3,4)5/h11-12,14,16-18,22H,13H2,1-10H3,(H,26,27,28,30)/t16-,17-,18-,22-/m1/s1. The van der Waals surface area contributed by atoms with Crippen LogP contribution in [0.25, 0.3) is 11.0 Å². The smallest absolute Gasteiger partial charge is 0.234 e. The zero-order chi connectivity index (χ0) is 26.6. The molecule has 2 aliphatic heterocycles. The molecule has 36 heavy (non-hydrogen) atoms. The lowest BCUT2D eigenvalue weighted by atomic mass is 10.1. The summed E-state index contributed by atoms with van der Waals surface area (Å²) in [5.41, 5.74) is 0.573. The molecule has 2 aromatic rings. The Balaban J connectivity index is 1.67. The zero-order valence-electron chi connectivity index (χ0n) is 23.0. The van der Waals surface area contributed by atoms with Crippen LogP contribution in [0.4, 0.5) is 5.95 Å². The lowest BCUT2D eigenvalue weighted by Gasteiger charge is -2.37. The van der Waals surface area contributed by atoms with Gasteiger partial charge in [-0.2, -0.15) is 9.97 Å². The van der Waals surface area contributed by atoms with E-state index in [0.29, 0.717) is 23.5 Å². The predicted octanol–water partition coefficient (Wildman–Crippen LogP) is 4.47. The van der Waals surface area contributed by atoms with E-state index in [1.807, 2.05) is 44.5 Å². The van der Waals surface area contributed by atoms with Crippen molar-refractivity contribution in [2.75, 3.05) is 19.0 Å². The van der Waals surface area contributed by atoms with Gasteiger partial charge in [-0.15, -0.1) is 0 Å². The Bertz CT molecular complexity index is 1130. The quantitative estimate of drug-likeness (QED) is 0.533. The molecule has 0 bridgehead atoms. The van der Waals surface area contributed by atoms with E-state index in [4.69, 9.17) is 23.4 Å². The number of hydrogen-bond acceptors (Lipinski definition) is 8. The van der Waals surface area contributed by atoms with E-state index in [0.717, 1.165) is 0 Å². The number of aromatic nitrogens is 3. The molecule has 4 rings (SSSR count). The molecule has 1 N–H and O–H groups in total. The average Bonchev–Trinajstić information content (AvgIpc) is 3.41. The monoisotopic (exact) mass is 520 g/mol. The predicted molar refractivity (Wildman–Crippen MR) is 138 cm³/mol. The van der Waals surface area contributed by atoms with Crippen LogP contribution < -0.4 is 10.1 Å². The highest BCUT2D eigenvalue weighted by molar-refractivity contribution is 6.74. The molecule has 2 saturated heterocycles. The van der Waals surface area contributed by atoms with E-state index < -0.39 is 20.3 Å². The third kappa shape index (κ3) is 5.04. The number of fused-ring (bicyclic) bond motifs is 2. The normalized spacial score (nSPS) is 26.0. The third-order valence-electron chi connectivity index (χ3n) is 7.30. The number of ether oxygens (including phenoxy) is 4. The molecule has 2 aromatic heterocycles. The number of hydrogen-bond donors (Lipinski definition) is 1. The molecule has 1 amide bonds. The van der Waals surface area contributed by atoms with Gasteiger partial charge >= 0.3 is 0 Å². The zero-order valence-corrected chi connectivity index (χ0v) is 24.0. The number of carbonyl (C=O) groups excluding carboxylic acids is 1. The molecule has 0 aliphatic carbocycles. The Hall–Kier alpha value is -2.05. The van der Waals surface area contributed by atoms with Crippen LogP contribution in [0.1, 0.15) is 54.7 Å². The maximum absolute atomic E-state index is 12.3. The number of amides is 1. The molecule has 200 valence electrons. The molecular formula is C25H40N4O6Si. The van der Waals surface area contributed by atoms with Crippen LogP contribution >= 0.6 is 0 Å². The van der Waals surface area contributed by atoms with E-state index in [2.05, 4.69) is 49.1 Å². The Morgan fingerprint density at radius 3 is 2.50 bits per heavy atom. The molecule has 4 heterocycles. The summed E-state index contributed by atoms with van der Waals surface area (Å²) in [6, 6.07) is 1.88. The first-order valence-electron chi connectivity index (χ1n) is 12.5. The highest BCUT2D eigenvalue weighted by Gasteiger charge is 2.56. The summed E-state index contributed by atoms with van der Waals surface area (Å²) in [6.45, 7) is 19.0. The first-order valence-corrected chi connectivity index (χ1v) is 15.4. The number of anilines is 1. The number of nitrogens with zero attached hydrogens (tertiary/aromatic N) is 3.